The van der Waals surface area contributed by atoms with Gasteiger partial charge < -0.3 is 14.5 Å². The molecule has 1 aromatic heterocycles. The van der Waals surface area contributed by atoms with Gasteiger partial charge in [-0.2, -0.15) is 0 Å². The van der Waals surface area contributed by atoms with E-state index in [1.54, 1.807) is 7.11 Å². The lowest BCUT2D eigenvalue weighted by molar-refractivity contribution is 0.277. The molecule has 0 radical (unpaired) electrons. The van der Waals surface area contributed by atoms with Gasteiger partial charge in [-0.15, -0.1) is 0 Å². The summed E-state index contributed by atoms with van der Waals surface area (Å²) in [6.07, 6.45) is 3.99. The van der Waals surface area contributed by atoms with Crippen molar-refractivity contribution in [3.8, 4) is 11.5 Å². The van der Waals surface area contributed by atoms with Crippen molar-refractivity contribution in [2.45, 2.75) is 13.5 Å². The number of aromatic nitrogens is 2. The van der Waals surface area contributed by atoms with E-state index in [9.17, 15) is 0 Å². The second-order valence-electron chi connectivity index (χ2n) is 5.04. The number of aromatic amines is 1. The molecule has 3 aromatic rings. The van der Waals surface area contributed by atoms with Crippen molar-refractivity contribution >= 4 is 28.7 Å². The predicted molar refractivity (Wildman–Crippen MR) is 93.1 cm³/mol. The summed E-state index contributed by atoms with van der Waals surface area (Å²) in [7, 11) is 1.63. The topological polar surface area (TPSA) is 47.1 Å². The number of rotatable bonds is 5. The van der Waals surface area contributed by atoms with Crippen molar-refractivity contribution < 1.29 is 9.47 Å². The van der Waals surface area contributed by atoms with Gasteiger partial charge in [0.15, 0.2) is 11.5 Å². The zero-order chi connectivity index (χ0) is 16.2. The summed E-state index contributed by atoms with van der Waals surface area (Å²) in [5.74, 6) is 2.11. The van der Waals surface area contributed by atoms with E-state index >= 15 is 0 Å². The molecule has 1 heterocycles. The zero-order valence-electron chi connectivity index (χ0n) is 13.0. The molecule has 0 aliphatic heterocycles. The molecule has 0 saturated heterocycles. The second kappa shape index (κ2) is 6.75. The Morgan fingerprint density at radius 2 is 2.04 bits per heavy atom. The van der Waals surface area contributed by atoms with E-state index in [0.717, 1.165) is 22.4 Å². The van der Waals surface area contributed by atoms with Crippen LogP contribution in [-0.4, -0.2) is 17.1 Å². The van der Waals surface area contributed by atoms with E-state index in [-0.39, 0.29) is 0 Å². The van der Waals surface area contributed by atoms with Crippen molar-refractivity contribution in [1.29, 1.82) is 0 Å². The average Bonchev–Trinajstić information content (AvgIpc) is 2.95. The molecule has 5 heteroatoms. The summed E-state index contributed by atoms with van der Waals surface area (Å²) in [5, 5.41) is 0.676. The van der Waals surface area contributed by atoms with Crippen molar-refractivity contribution in [2.24, 2.45) is 0 Å². The molecular weight excluding hydrogens is 312 g/mol. The first-order chi connectivity index (χ1) is 11.2. The Labute approximate surface area is 139 Å². The summed E-state index contributed by atoms with van der Waals surface area (Å²) in [5.41, 5.74) is 2.82. The molecule has 0 bridgehead atoms. The summed E-state index contributed by atoms with van der Waals surface area (Å²) in [6.45, 7) is 2.30. The van der Waals surface area contributed by atoms with E-state index in [4.69, 9.17) is 21.1 Å². The number of H-pyrrole nitrogens is 1. The van der Waals surface area contributed by atoms with Crippen LogP contribution < -0.4 is 9.47 Å². The molecular formula is C18H17ClN2O2. The van der Waals surface area contributed by atoms with E-state index in [1.807, 2.05) is 55.5 Å². The van der Waals surface area contributed by atoms with Crippen LogP contribution in [0.15, 0.2) is 42.5 Å². The van der Waals surface area contributed by atoms with Crippen LogP contribution in [0.25, 0.3) is 17.1 Å². The first-order valence-corrected chi connectivity index (χ1v) is 7.65. The lowest BCUT2D eigenvalue weighted by Gasteiger charge is -2.10. The Balaban J connectivity index is 1.78. The minimum atomic E-state index is 0.325. The molecule has 0 spiro atoms. The van der Waals surface area contributed by atoms with E-state index < -0.39 is 0 Å². The molecule has 0 amide bonds. The van der Waals surface area contributed by atoms with Crippen LogP contribution in [0, 0.1) is 0 Å². The number of hydrogen-bond acceptors (Lipinski definition) is 3. The molecule has 0 fully saturated rings. The Morgan fingerprint density at radius 1 is 1.17 bits per heavy atom. The number of halogens is 1. The lowest BCUT2D eigenvalue weighted by Crippen LogP contribution is -1.99. The van der Waals surface area contributed by atoms with Crippen molar-refractivity contribution in [1.82, 2.24) is 9.97 Å². The van der Waals surface area contributed by atoms with Crippen LogP contribution in [0.2, 0.25) is 5.02 Å². The highest BCUT2D eigenvalue weighted by Crippen LogP contribution is 2.29. The first-order valence-electron chi connectivity index (χ1n) is 7.27. The van der Waals surface area contributed by atoms with Crippen LogP contribution in [0.5, 0.6) is 11.5 Å². The summed E-state index contributed by atoms with van der Waals surface area (Å²) in [4.78, 5) is 7.68. The molecule has 4 nitrogen and oxygen atoms in total. The second-order valence-corrected chi connectivity index (χ2v) is 5.48. The number of fused-ring (bicyclic) bond motifs is 1. The summed E-state index contributed by atoms with van der Waals surface area (Å²) >= 11 is 5.98. The monoisotopic (exact) mass is 328 g/mol. The largest absolute Gasteiger partial charge is 0.493 e. The van der Waals surface area contributed by atoms with Crippen LogP contribution in [0.3, 0.4) is 0 Å². The highest BCUT2D eigenvalue weighted by Gasteiger charge is 2.08. The normalized spacial score (nSPS) is 11.3. The maximum atomic E-state index is 5.98. The Morgan fingerprint density at radius 3 is 2.83 bits per heavy atom. The molecule has 1 N–H and O–H groups in total. The number of hydrogen-bond donors (Lipinski definition) is 1. The van der Waals surface area contributed by atoms with Gasteiger partial charge in [0.05, 0.1) is 18.1 Å². The maximum Gasteiger partial charge on any atom is 0.161 e. The predicted octanol–water partition coefficient (Wildman–Crippen LogP) is 4.84. The molecule has 2 aromatic carbocycles. The first kappa shape index (κ1) is 15.4. The fourth-order valence-corrected chi connectivity index (χ4v) is 2.52. The van der Waals surface area contributed by atoms with Crippen molar-refractivity contribution in [3.63, 3.8) is 0 Å². The molecule has 118 valence electrons. The van der Waals surface area contributed by atoms with Gasteiger partial charge >= 0.3 is 0 Å². The molecule has 0 unspecified atom stereocenters. The molecule has 0 aliphatic rings. The third kappa shape index (κ3) is 3.48. The maximum absolute atomic E-state index is 5.98. The Hall–Kier alpha value is -2.46. The van der Waals surface area contributed by atoms with Crippen LogP contribution in [0.1, 0.15) is 18.3 Å². The van der Waals surface area contributed by atoms with Crippen molar-refractivity contribution in [3.05, 3.63) is 58.9 Å². The third-order valence-corrected chi connectivity index (χ3v) is 3.64. The fourth-order valence-electron chi connectivity index (χ4n) is 2.35. The minimum absolute atomic E-state index is 0.325. The molecule has 0 atom stereocenters. The van der Waals surface area contributed by atoms with Crippen molar-refractivity contribution in [2.75, 3.05) is 7.11 Å². The van der Waals surface area contributed by atoms with Crippen LogP contribution in [0.4, 0.5) is 0 Å². The number of methoxy groups -OCH3 is 1. The lowest BCUT2D eigenvalue weighted by atomic mass is 10.2. The quantitative estimate of drug-likeness (QED) is 0.729. The highest BCUT2D eigenvalue weighted by molar-refractivity contribution is 6.31. The number of allylic oxidation sites excluding steroid dienone is 1. The summed E-state index contributed by atoms with van der Waals surface area (Å²) < 4.78 is 11.2. The average molecular weight is 329 g/mol. The van der Waals surface area contributed by atoms with E-state index in [0.29, 0.717) is 23.1 Å². The summed E-state index contributed by atoms with van der Waals surface area (Å²) in [6, 6.07) is 11.4. The highest BCUT2D eigenvalue weighted by atomic mass is 35.5. The van der Waals surface area contributed by atoms with Gasteiger partial charge in [-0.25, -0.2) is 4.98 Å². The third-order valence-electron chi connectivity index (χ3n) is 3.40. The van der Waals surface area contributed by atoms with Gasteiger partial charge in [-0.1, -0.05) is 29.8 Å². The zero-order valence-corrected chi connectivity index (χ0v) is 13.7. The van der Waals surface area contributed by atoms with Gasteiger partial charge in [0.25, 0.3) is 0 Å². The SMILES string of the molecule is C/C=C/c1ccc(OCc2nc3ccc(Cl)cc3[nH]2)c(OC)c1. The molecule has 3 rings (SSSR count). The van der Waals surface area contributed by atoms with Gasteiger partial charge in [-0.3, -0.25) is 0 Å². The molecule has 0 aliphatic carbocycles. The Bertz CT molecular complexity index is 855. The fraction of sp³-hybridized carbons (Fsp3) is 0.167. The van der Waals surface area contributed by atoms with Gasteiger partial charge in [-0.05, 0) is 42.8 Å². The number of benzene rings is 2. The van der Waals surface area contributed by atoms with Gasteiger partial charge in [0.2, 0.25) is 0 Å². The van der Waals surface area contributed by atoms with E-state index in [2.05, 4.69) is 9.97 Å². The van der Waals surface area contributed by atoms with E-state index in [1.165, 1.54) is 0 Å². The Kier molecular flexibility index (Phi) is 4.53. The number of ether oxygens (including phenoxy) is 2. The smallest absolute Gasteiger partial charge is 0.161 e. The standard InChI is InChI=1S/C18H17ClN2O2/c1-3-4-12-5-8-16(17(9-12)22-2)23-11-18-20-14-7-6-13(19)10-15(14)21-18/h3-10H,11H2,1-2H3,(H,20,21)/b4-3+. The van der Waals surface area contributed by atoms with Gasteiger partial charge in [0.1, 0.15) is 12.4 Å². The number of nitrogens with one attached hydrogen (secondary N) is 1. The molecule has 0 saturated carbocycles. The van der Waals surface area contributed by atoms with Crippen LogP contribution in [-0.2, 0) is 6.61 Å². The number of nitrogens with zero attached hydrogens (tertiary/aromatic N) is 1. The minimum Gasteiger partial charge on any atom is -0.493 e. The van der Waals surface area contributed by atoms with Gasteiger partial charge in [0, 0.05) is 5.02 Å². The van der Waals surface area contributed by atoms with Crippen LogP contribution >= 0.6 is 11.6 Å². The molecule has 23 heavy (non-hydrogen) atoms. The number of imidazole rings is 1.